The van der Waals surface area contributed by atoms with Crippen LogP contribution in [0.4, 0.5) is 5.69 Å². The van der Waals surface area contributed by atoms with Gasteiger partial charge in [0.1, 0.15) is 0 Å². The number of fused-ring (bicyclic) bond motifs is 6. The molecule has 0 aliphatic carbocycles. The Balaban J connectivity index is 0.000000810. The first-order valence-corrected chi connectivity index (χ1v) is 26.1. The van der Waals surface area contributed by atoms with Gasteiger partial charge in [-0.05, 0) is 78.5 Å². The van der Waals surface area contributed by atoms with Crippen LogP contribution in [0.1, 0.15) is 105 Å². The summed E-state index contributed by atoms with van der Waals surface area (Å²) in [6.07, 6.45) is 7.85. The summed E-state index contributed by atoms with van der Waals surface area (Å²) in [6.45, 7) is 29.5. The Hall–Kier alpha value is -6.13. The standard InChI is InChI=1S/C14H10.C10H8.3C8H7N.C8H8.6C2H6.Y/c1-2-6-12-10-14-8-4-3-7-13(14)9-11(12)5-1;1-2-6-10-8-4-3-7-9(10)5-1;1-2-4-8-6-9-5-7(8)3-1;2*1-2-4-8-7(3-1)5-6-9-8;1-2-8-6-4-3-5-7-8;6*1-2;/h1-10H;1-8H;1-5H,6H2;1-4,6H,5H2;1-5H,6H2;3-6H,1-2H2;6*1-2H3;/q;;;;;-2;;;;;;;. The molecule has 3 heterocycles. The number of benzene rings is 9. The fourth-order valence-corrected chi connectivity index (χ4v) is 6.75. The van der Waals surface area contributed by atoms with Crippen molar-refractivity contribution in [2.24, 2.45) is 15.0 Å². The first-order chi connectivity index (χ1) is 35.2. The van der Waals surface area contributed by atoms with Crippen LogP contribution in [0.15, 0.2) is 221 Å². The summed E-state index contributed by atoms with van der Waals surface area (Å²) < 4.78 is 0. The zero-order valence-electron chi connectivity index (χ0n) is 45.8. The first kappa shape index (κ1) is 65.9. The average Bonchev–Trinajstić information content (AvgIpc) is 4.30. The first-order valence-electron chi connectivity index (χ1n) is 26.1. The van der Waals surface area contributed by atoms with Crippen LogP contribution in [-0.2, 0) is 52.1 Å². The van der Waals surface area contributed by atoms with Crippen LogP contribution in [0.2, 0.25) is 0 Å². The zero-order chi connectivity index (χ0) is 52.3. The summed E-state index contributed by atoms with van der Waals surface area (Å²) >= 11 is 0. The Labute approximate surface area is 461 Å². The van der Waals surface area contributed by atoms with Crippen molar-refractivity contribution < 1.29 is 32.7 Å². The van der Waals surface area contributed by atoms with Crippen molar-refractivity contribution >= 4 is 56.5 Å². The van der Waals surface area contributed by atoms with E-state index in [9.17, 15) is 0 Å². The van der Waals surface area contributed by atoms with Crippen LogP contribution >= 0.6 is 0 Å². The second-order valence-electron chi connectivity index (χ2n) is 13.9. The van der Waals surface area contributed by atoms with Crippen LogP contribution in [0, 0.1) is 13.0 Å². The van der Waals surface area contributed by atoms with Crippen molar-refractivity contribution in [1.82, 2.24) is 0 Å². The minimum absolute atomic E-state index is 0. The Bertz CT molecular complexity index is 2660. The third-order valence-corrected chi connectivity index (χ3v) is 9.91. The fourth-order valence-electron chi connectivity index (χ4n) is 6.75. The second kappa shape index (κ2) is 43.6. The monoisotopic (exact) mass is 1030 g/mol. The molecule has 0 spiro atoms. The van der Waals surface area contributed by atoms with Gasteiger partial charge in [-0.25, -0.2) is 0 Å². The maximum absolute atomic E-state index is 4.24. The minimum Gasteiger partial charge on any atom is -0.341 e. The fraction of sp³-hybridized carbons (Fsp3) is 0.235. The maximum atomic E-state index is 4.24. The molecule has 9 aromatic rings. The SMILES string of the molecule is C1=NCc2ccccc21.C1=Nc2ccccc2C1.C1=c2ccccc2=NC1.CC.CC.CC.CC.CC.CC.[CH2-]Cc1[c-]cccc1.[Y].c1ccc2cc3ccccc3cc2c1.c1ccc2ccccc2c1. The molecule has 72 heavy (non-hydrogen) atoms. The molecule has 9 aromatic carbocycles. The van der Waals surface area contributed by atoms with E-state index < -0.39 is 0 Å². The van der Waals surface area contributed by atoms with Gasteiger partial charge >= 0.3 is 0 Å². The van der Waals surface area contributed by atoms with Crippen molar-refractivity contribution in [3.63, 3.8) is 0 Å². The summed E-state index contributed by atoms with van der Waals surface area (Å²) in [5.74, 6) is 0. The maximum Gasteiger partial charge on any atom is 0.0661 e. The normalized spacial score (nSPS) is 10.2. The largest absolute Gasteiger partial charge is 0.341 e. The molecule has 0 bridgehead atoms. The van der Waals surface area contributed by atoms with Gasteiger partial charge in [-0.2, -0.15) is 42.3 Å². The predicted octanol–water partition coefficient (Wildman–Crippen LogP) is 18.5. The Kier molecular flexibility index (Phi) is 39.9. The van der Waals surface area contributed by atoms with Crippen LogP contribution in [0.25, 0.3) is 38.4 Å². The summed E-state index contributed by atoms with van der Waals surface area (Å²) in [5, 5.41) is 10.3. The van der Waals surface area contributed by atoms with E-state index in [-0.39, 0.29) is 32.7 Å². The summed E-state index contributed by atoms with van der Waals surface area (Å²) in [7, 11) is 0. The molecule has 4 heteroatoms. The van der Waals surface area contributed by atoms with Gasteiger partial charge in [0.25, 0.3) is 0 Å². The molecular formula is C68H83N3Y-2. The third kappa shape index (κ3) is 23.9. The van der Waals surface area contributed by atoms with Crippen LogP contribution in [0.5, 0.6) is 0 Å². The molecular weight excluding hydrogens is 948 g/mol. The van der Waals surface area contributed by atoms with E-state index in [2.05, 4.69) is 168 Å². The van der Waals surface area contributed by atoms with E-state index in [0.717, 1.165) is 37.0 Å². The Morgan fingerprint density at radius 2 is 0.889 bits per heavy atom. The van der Waals surface area contributed by atoms with E-state index in [1.807, 2.05) is 168 Å². The van der Waals surface area contributed by atoms with Gasteiger partial charge in [-0.15, -0.1) is 0 Å². The third-order valence-electron chi connectivity index (χ3n) is 9.91. The molecule has 0 unspecified atom stereocenters. The van der Waals surface area contributed by atoms with Crippen molar-refractivity contribution in [1.29, 1.82) is 0 Å². The van der Waals surface area contributed by atoms with Gasteiger partial charge in [-0.1, -0.05) is 247 Å². The van der Waals surface area contributed by atoms with Gasteiger partial charge in [0.15, 0.2) is 0 Å². The van der Waals surface area contributed by atoms with Gasteiger partial charge in [0.2, 0.25) is 0 Å². The molecule has 0 amide bonds. The molecule has 3 aliphatic rings. The number of aliphatic imine (C=N–C) groups is 2. The number of nitrogens with zero attached hydrogens (tertiary/aromatic N) is 3. The molecule has 0 atom stereocenters. The molecule has 3 aliphatic heterocycles. The molecule has 0 fully saturated rings. The molecule has 12 rings (SSSR count). The Morgan fingerprint density at radius 1 is 0.458 bits per heavy atom. The van der Waals surface area contributed by atoms with Crippen molar-refractivity contribution in [3.8, 4) is 0 Å². The number of hydrogen-bond donors (Lipinski definition) is 0. The topological polar surface area (TPSA) is 37.1 Å². The smallest absolute Gasteiger partial charge is 0.0661 e. The quantitative estimate of drug-likeness (QED) is 0.116. The van der Waals surface area contributed by atoms with Crippen molar-refractivity contribution in [2.45, 2.75) is 102 Å². The van der Waals surface area contributed by atoms with Gasteiger partial charge in [0.05, 0.1) is 24.1 Å². The molecule has 0 saturated heterocycles. The minimum atomic E-state index is 0. The van der Waals surface area contributed by atoms with Gasteiger partial charge < -0.3 is 6.92 Å². The molecule has 0 saturated carbocycles. The van der Waals surface area contributed by atoms with Gasteiger partial charge in [-0.3, -0.25) is 15.0 Å². The summed E-state index contributed by atoms with van der Waals surface area (Å²) in [5.41, 5.74) is 6.28. The number of rotatable bonds is 1. The molecule has 0 aromatic heterocycles. The van der Waals surface area contributed by atoms with Crippen LogP contribution < -0.4 is 10.6 Å². The summed E-state index contributed by atoms with van der Waals surface area (Å²) in [6, 6.07) is 73.8. The molecule has 0 N–H and O–H groups in total. The molecule has 3 nitrogen and oxygen atoms in total. The van der Waals surface area contributed by atoms with Crippen LogP contribution in [0.3, 0.4) is 0 Å². The summed E-state index contributed by atoms with van der Waals surface area (Å²) in [4.78, 5) is 12.5. The second-order valence-corrected chi connectivity index (χ2v) is 13.9. The van der Waals surface area contributed by atoms with Gasteiger partial charge in [0, 0.05) is 51.6 Å². The van der Waals surface area contributed by atoms with Crippen LogP contribution in [-0.4, -0.2) is 19.0 Å². The average molecular weight is 1030 g/mol. The van der Waals surface area contributed by atoms with Crippen molar-refractivity contribution in [2.75, 3.05) is 6.54 Å². The molecule has 375 valence electrons. The van der Waals surface area contributed by atoms with E-state index in [0.29, 0.717) is 0 Å². The molecule has 1 radical (unpaired) electrons. The van der Waals surface area contributed by atoms with E-state index in [1.165, 1.54) is 59.8 Å². The Morgan fingerprint density at radius 3 is 1.33 bits per heavy atom. The predicted molar refractivity (Wildman–Crippen MR) is 320 cm³/mol. The van der Waals surface area contributed by atoms with E-state index in [4.69, 9.17) is 0 Å². The number of para-hydroxylation sites is 2. The number of hydrogen-bond acceptors (Lipinski definition) is 3. The zero-order valence-corrected chi connectivity index (χ0v) is 48.7. The van der Waals surface area contributed by atoms with E-state index >= 15 is 0 Å². The van der Waals surface area contributed by atoms with E-state index in [1.54, 1.807) is 0 Å². The van der Waals surface area contributed by atoms with Crippen molar-refractivity contribution in [3.05, 3.63) is 252 Å².